The Kier molecular flexibility index (Phi) is 3.27. The van der Waals surface area contributed by atoms with Crippen molar-refractivity contribution in [1.82, 2.24) is 15.1 Å². The molecule has 1 aromatic rings. The molecule has 0 aliphatic carbocycles. The second-order valence-electron chi connectivity index (χ2n) is 4.08. The van der Waals surface area contributed by atoms with Crippen molar-refractivity contribution in [2.45, 2.75) is 12.8 Å². The summed E-state index contributed by atoms with van der Waals surface area (Å²) in [5.41, 5.74) is 5.20. The fraction of sp³-hybridized carbons (Fsp3) is 0.500. The van der Waals surface area contributed by atoms with Crippen molar-refractivity contribution >= 4 is 17.8 Å². The molecule has 1 atom stereocenters. The van der Waals surface area contributed by atoms with Gasteiger partial charge in [0.2, 0.25) is 5.91 Å². The van der Waals surface area contributed by atoms with E-state index in [0.29, 0.717) is 18.9 Å². The van der Waals surface area contributed by atoms with Crippen LogP contribution < -0.4 is 11.1 Å². The summed E-state index contributed by atoms with van der Waals surface area (Å²) in [5, 5.41) is 9.11. The number of primary amides is 1. The van der Waals surface area contributed by atoms with Gasteiger partial charge in [-0.3, -0.25) is 9.89 Å². The molecule has 1 fully saturated rings. The summed E-state index contributed by atoms with van der Waals surface area (Å²) in [6, 6.07) is 1.20. The number of nitrogens with two attached hydrogens (primary N) is 1. The number of anilines is 1. The first-order valence-electron chi connectivity index (χ1n) is 5.51. The van der Waals surface area contributed by atoms with Gasteiger partial charge in [-0.2, -0.15) is 5.10 Å². The average molecular weight is 237 g/mol. The van der Waals surface area contributed by atoms with Crippen LogP contribution in [0.15, 0.2) is 12.3 Å². The molecule has 1 aliphatic rings. The van der Waals surface area contributed by atoms with E-state index < -0.39 is 6.03 Å². The fourth-order valence-corrected chi connectivity index (χ4v) is 1.95. The second-order valence-corrected chi connectivity index (χ2v) is 4.08. The van der Waals surface area contributed by atoms with Gasteiger partial charge in [-0.05, 0) is 12.8 Å². The summed E-state index contributed by atoms with van der Waals surface area (Å²) >= 11 is 0. The molecule has 3 amide bonds. The summed E-state index contributed by atoms with van der Waals surface area (Å²) in [7, 11) is 0. The summed E-state index contributed by atoms with van der Waals surface area (Å²) in [4.78, 5) is 24.4. The van der Waals surface area contributed by atoms with E-state index in [1.807, 2.05) is 0 Å². The van der Waals surface area contributed by atoms with Crippen molar-refractivity contribution in [2.75, 3.05) is 18.4 Å². The van der Waals surface area contributed by atoms with Crippen molar-refractivity contribution < 1.29 is 9.59 Å². The van der Waals surface area contributed by atoms with Crippen molar-refractivity contribution in [2.24, 2.45) is 11.7 Å². The summed E-state index contributed by atoms with van der Waals surface area (Å²) in [6.45, 7) is 1.01. The minimum atomic E-state index is -0.468. The third-order valence-electron chi connectivity index (χ3n) is 2.86. The molecule has 1 saturated heterocycles. The Balaban J connectivity index is 1.93. The number of likely N-dealkylation sites (tertiary alicyclic amines) is 1. The summed E-state index contributed by atoms with van der Waals surface area (Å²) in [5.74, 6) is 0.242. The topological polar surface area (TPSA) is 104 Å². The van der Waals surface area contributed by atoms with E-state index >= 15 is 0 Å². The number of hydrogen-bond donors (Lipinski definition) is 3. The lowest BCUT2D eigenvalue weighted by atomic mass is 9.97. The molecule has 0 spiro atoms. The zero-order chi connectivity index (χ0) is 12.3. The highest BCUT2D eigenvalue weighted by Gasteiger charge is 2.27. The van der Waals surface area contributed by atoms with Gasteiger partial charge in [0.05, 0.1) is 12.1 Å². The van der Waals surface area contributed by atoms with Gasteiger partial charge in [0, 0.05) is 19.2 Å². The number of aromatic nitrogens is 2. The Morgan fingerprint density at radius 2 is 2.41 bits per heavy atom. The largest absolute Gasteiger partial charge is 0.351 e. The summed E-state index contributed by atoms with van der Waals surface area (Å²) in [6.07, 6.45) is 3.12. The number of rotatable bonds is 2. The molecule has 1 aliphatic heterocycles. The molecule has 0 radical (unpaired) electrons. The van der Waals surface area contributed by atoms with Crippen LogP contribution in [0, 0.1) is 5.92 Å². The van der Waals surface area contributed by atoms with Crippen molar-refractivity contribution in [3.63, 3.8) is 0 Å². The van der Waals surface area contributed by atoms with Crippen LogP contribution in [0.4, 0.5) is 10.6 Å². The maximum absolute atomic E-state index is 11.9. The predicted molar refractivity (Wildman–Crippen MR) is 61.1 cm³/mol. The van der Waals surface area contributed by atoms with Gasteiger partial charge in [-0.25, -0.2) is 4.79 Å². The number of urea groups is 1. The number of H-pyrrole nitrogens is 1. The molecule has 92 valence electrons. The van der Waals surface area contributed by atoms with E-state index in [9.17, 15) is 9.59 Å². The Hall–Kier alpha value is -2.05. The number of nitrogens with zero attached hydrogens (tertiary/aromatic N) is 2. The SMILES string of the molecule is NC(=O)N1CCCC(C(=O)Nc2ccn[nH]2)C1. The van der Waals surface area contributed by atoms with Crippen molar-refractivity contribution in [3.05, 3.63) is 12.3 Å². The number of amides is 3. The molecule has 0 bridgehead atoms. The quantitative estimate of drug-likeness (QED) is 0.681. The van der Waals surface area contributed by atoms with Crippen LogP contribution in [0.5, 0.6) is 0 Å². The number of hydrogen-bond acceptors (Lipinski definition) is 3. The van der Waals surface area contributed by atoms with Gasteiger partial charge < -0.3 is 16.0 Å². The number of aromatic amines is 1. The molecule has 2 heterocycles. The van der Waals surface area contributed by atoms with Crippen LogP contribution in [0.3, 0.4) is 0 Å². The lowest BCUT2D eigenvalue weighted by Crippen LogP contribution is -2.46. The van der Waals surface area contributed by atoms with E-state index in [0.717, 1.165) is 12.8 Å². The normalized spacial score (nSPS) is 20.0. The zero-order valence-electron chi connectivity index (χ0n) is 9.35. The Morgan fingerprint density at radius 3 is 3.06 bits per heavy atom. The molecule has 0 aromatic carbocycles. The highest BCUT2D eigenvalue weighted by Crippen LogP contribution is 2.17. The Morgan fingerprint density at radius 1 is 1.59 bits per heavy atom. The van der Waals surface area contributed by atoms with Crippen LogP contribution in [-0.2, 0) is 4.79 Å². The maximum Gasteiger partial charge on any atom is 0.314 e. The predicted octanol–water partition coefficient (Wildman–Crippen LogP) is 0.139. The van der Waals surface area contributed by atoms with Crippen molar-refractivity contribution in [3.8, 4) is 0 Å². The van der Waals surface area contributed by atoms with E-state index in [4.69, 9.17) is 5.73 Å². The Bertz CT molecular complexity index is 403. The van der Waals surface area contributed by atoms with Gasteiger partial charge in [0.15, 0.2) is 0 Å². The van der Waals surface area contributed by atoms with Crippen LogP contribution in [0.2, 0.25) is 0 Å². The maximum atomic E-state index is 11.9. The smallest absolute Gasteiger partial charge is 0.314 e. The van der Waals surface area contributed by atoms with E-state index in [1.54, 1.807) is 12.3 Å². The van der Waals surface area contributed by atoms with Gasteiger partial charge >= 0.3 is 6.03 Å². The number of nitrogens with one attached hydrogen (secondary N) is 2. The monoisotopic (exact) mass is 237 g/mol. The van der Waals surface area contributed by atoms with Crippen LogP contribution >= 0.6 is 0 Å². The van der Waals surface area contributed by atoms with Gasteiger partial charge in [0.1, 0.15) is 5.82 Å². The van der Waals surface area contributed by atoms with Gasteiger partial charge in [-0.15, -0.1) is 0 Å². The zero-order valence-corrected chi connectivity index (χ0v) is 9.35. The second kappa shape index (κ2) is 4.86. The molecule has 17 heavy (non-hydrogen) atoms. The lowest BCUT2D eigenvalue weighted by Gasteiger charge is -2.30. The Labute approximate surface area is 98.4 Å². The molecule has 7 nitrogen and oxygen atoms in total. The number of piperidine rings is 1. The molecule has 0 saturated carbocycles. The molecular formula is C10H15N5O2. The molecule has 1 unspecified atom stereocenters. The molecule has 4 N–H and O–H groups in total. The fourth-order valence-electron chi connectivity index (χ4n) is 1.95. The standard InChI is InChI=1S/C10H15N5O2/c11-10(17)15-5-1-2-7(6-15)9(16)13-8-3-4-12-14-8/h3-4,7H,1-2,5-6H2,(H2,11,17)(H2,12,13,14,16). The van der Waals surface area contributed by atoms with E-state index in [1.165, 1.54) is 4.90 Å². The highest BCUT2D eigenvalue weighted by atomic mass is 16.2. The van der Waals surface area contributed by atoms with Gasteiger partial charge in [0.25, 0.3) is 0 Å². The highest BCUT2D eigenvalue weighted by molar-refractivity contribution is 5.92. The average Bonchev–Trinajstić information content (AvgIpc) is 2.82. The molecule has 7 heteroatoms. The molecule has 2 rings (SSSR count). The van der Waals surface area contributed by atoms with Crippen LogP contribution in [0.25, 0.3) is 0 Å². The van der Waals surface area contributed by atoms with Gasteiger partial charge in [-0.1, -0.05) is 0 Å². The number of carbonyl (C=O) groups is 2. The third kappa shape index (κ3) is 2.74. The van der Waals surface area contributed by atoms with Crippen LogP contribution in [0.1, 0.15) is 12.8 Å². The molecule has 1 aromatic heterocycles. The third-order valence-corrected chi connectivity index (χ3v) is 2.86. The minimum absolute atomic E-state index is 0.111. The molecular weight excluding hydrogens is 222 g/mol. The summed E-state index contributed by atoms with van der Waals surface area (Å²) < 4.78 is 0. The van der Waals surface area contributed by atoms with Crippen molar-refractivity contribution in [1.29, 1.82) is 0 Å². The first-order valence-corrected chi connectivity index (χ1v) is 5.51. The van der Waals surface area contributed by atoms with Crippen LogP contribution in [-0.4, -0.2) is 40.1 Å². The minimum Gasteiger partial charge on any atom is -0.351 e. The lowest BCUT2D eigenvalue weighted by molar-refractivity contribution is -0.121. The first kappa shape index (κ1) is 11.4. The van der Waals surface area contributed by atoms with E-state index in [-0.39, 0.29) is 11.8 Å². The first-order chi connectivity index (χ1) is 8.16. The van der Waals surface area contributed by atoms with E-state index in [2.05, 4.69) is 15.5 Å². The number of carbonyl (C=O) groups excluding carboxylic acids is 2.